The average Bonchev–Trinajstić information content (AvgIpc) is 2.53. The van der Waals surface area contributed by atoms with E-state index in [-0.39, 0.29) is 23.5 Å². The van der Waals surface area contributed by atoms with Crippen LogP contribution in [-0.2, 0) is 6.42 Å². The number of nitro groups is 1. The maximum atomic E-state index is 12.1. The van der Waals surface area contributed by atoms with E-state index >= 15 is 0 Å². The molecule has 0 fully saturated rings. The summed E-state index contributed by atoms with van der Waals surface area (Å²) in [7, 11) is 0. The Morgan fingerprint density at radius 3 is 2.57 bits per heavy atom. The number of para-hydroxylation sites is 1. The van der Waals surface area contributed by atoms with Crippen molar-refractivity contribution in [2.45, 2.75) is 12.5 Å². The average molecular weight is 315 g/mol. The zero-order chi connectivity index (χ0) is 16.8. The molecule has 0 bridgehead atoms. The molecule has 0 heterocycles. The van der Waals surface area contributed by atoms with Crippen LogP contribution in [0.1, 0.15) is 15.9 Å². The maximum absolute atomic E-state index is 12.1. The number of aliphatic hydroxyl groups is 1. The van der Waals surface area contributed by atoms with E-state index in [1.165, 1.54) is 18.2 Å². The van der Waals surface area contributed by atoms with Crippen LogP contribution in [-0.4, -0.2) is 28.6 Å². The molecule has 7 nitrogen and oxygen atoms in total. The van der Waals surface area contributed by atoms with Crippen molar-refractivity contribution in [3.8, 4) is 0 Å². The van der Waals surface area contributed by atoms with Crippen LogP contribution in [0.2, 0.25) is 0 Å². The van der Waals surface area contributed by atoms with Crippen molar-refractivity contribution in [3.05, 3.63) is 69.8 Å². The van der Waals surface area contributed by atoms with Crippen LogP contribution >= 0.6 is 0 Å². The van der Waals surface area contributed by atoms with Crippen molar-refractivity contribution < 1.29 is 14.8 Å². The van der Waals surface area contributed by atoms with Crippen LogP contribution in [0.15, 0.2) is 48.5 Å². The molecule has 2 aromatic rings. The van der Waals surface area contributed by atoms with Crippen molar-refractivity contribution in [1.82, 2.24) is 5.32 Å². The largest absolute Gasteiger partial charge is 0.393 e. The van der Waals surface area contributed by atoms with E-state index in [0.717, 1.165) is 5.56 Å². The van der Waals surface area contributed by atoms with Crippen LogP contribution in [0.3, 0.4) is 0 Å². The molecule has 4 N–H and O–H groups in total. The molecule has 1 amide bonds. The third-order valence-electron chi connectivity index (χ3n) is 3.34. The van der Waals surface area contributed by atoms with Gasteiger partial charge in [0.15, 0.2) is 0 Å². The number of nitrogens with zero attached hydrogens (tertiary/aromatic N) is 1. The lowest BCUT2D eigenvalue weighted by Gasteiger charge is -2.13. The van der Waals surface area contributed by atoms with Crippen LogP contribution in [0.25, 0.3) is 0 Å². The number of aliphatic hydroxyl groups excluding tert-OH is 1. The molecule has 0 aromatic heterocycles. The van der Waals surface area contributed by atoms with E-state index in [0.29, 0.717) is 6.42 Å². The van der Waals surface area contributed by atoms with Gasteiger partial charge in [-0.25, -0.2) is 0 Å². The number of amides is 1. The molecule has 0 aliphatic heterocycles. The van der Waals surface area contributed by atoms with Crippen LogP contribution in [0, 0.1) is 10.1 Å². The van der Waals surface area contributed by atoms with Gasteiger partial charge in [0.25, 0.3) is 11.6 Å². The van der Waals surface area contributed by atoms with Crippen molar-refractivity contribution in [3.63, 3.8) is 0 Å². The van der Waals surface area contributed by atoms with E-state index in [1.807, 2.05) is 30.3 Å². The Morgan fingerprint density at radius 1 is 1.22 bits per heavy atom. The number of nitro benzene ring substituents is 1. The van der Waals surface area contributed by atoms with Crippen LogP contribution < -0.4 is 11.1 Å². The molecular weight excluding hydrogens is 298 g/mol. The number of nitrogens with one attached hydrogen (secondary N) is 1. The molecule has 0 aliphatic carbocycles. The van der Waals surface area contributed by atoms with E-state index in [4.69, 9.17) is 5.73 Å². The third-order valence-corrected chi connectivity index (χ3v) is 3.34. The quantitative estimate of drug-likeness (QED) is 0.424. The molecule has 0 saturated carbocycles. The van der Waals surface area contributed by atoms with Gasteiger partial charge in [-0.3, -0.25) is 14.9 Å². The molecule has 2 rings (SSSR count). The number of anilines is 1. The maximum Gasteiger partial charge on any atom is 0.292 e. The van der Waals surface area contributed by atoms with Crippen molar-refractivity contribution in [2.75, 3.05) is 12.3 Å². The van der Waals surface area contributed by atoms with Crippen molar-refractivity contribution in [2.24, 2.45) is 0 Å². The smallest absolute Gasteiger partial charge is 0.292 e. The van der Waals surface area contributed by atoms with E-state index in [2.05, 4.69) is 5.32 Å². The van der Waals surface area contributed by atoms with Gasteiger partial charge in [0.05, 0.1) is 16.6 Å². The first-order chi connectivity index (χ1) is 11.0. The Bertz CT molecular complexity index is 704. The number of hydrogen-bond donors (Lipinski definition) is 3. The molecule has 0 spiro atoms. The minimum absolute atomic E-state index is 0.0195. The highest BCUT2D eigenvalue weighted by Gasteiger charge is 2.19. The summed E-state index contributed by atoms with van der Waals surface area (Å²) in [5.41, 5.74) is 6.11. The lowest BCUT2D eigenvalue weighted by Crippen LogP contribution is -2.33. The second-order valence-electron chi connectivity index (χ2n) is 5.05. The zero-order valence-electron chi connectivity index (χ0n) is 12.3. The fourth-order valence-electron chi connectivity index (χ4n) is 2.17. The van der Waals surface area contributed by atoms with Gasteiger partial charge in [-0.15, -0.1) is 0 Å². The monoisotopic (exact) mass is 315 g/mol. The first-order valence-electron chi connectivity index (χ1n) is 7.02. The molecule has 0 radical (unpaired) electrons. The molecule has 0 saturated heterocycles. The number of nitrogens with two attached hydrogens (primary N) is 1. The van der Waals surface area contributed by atoms with Crippen LogP contribution in [0.5, 0.6) is 0 Å². The number of carbonyl (C=O) groups excluding carboxylic acids is 1. The van der Waals surface area contributed by atoms with Gasteiger partial charge in [0, 0.05) is 19.0 Å². The number of rotatable bonds is 6. The second-order valence-corrected chi connectivity index (χ2v) is 5.05. The lowest BCUT2D eigenvalue weighted by atomic mass is 10.1. The minimum Gasteiger partial charge on any atom is -0.393 e. The molecule has 1 atom stereocenters. The van der Waals surface area contributed by atoms with Gasteiger partial charge < -0.3 is 16.2 Å². The first-order valence-corrected chi connectivity index (χ1v) is 7.02. The Hall–Kier alpha value is -2.93. The molecular formula is C16H17N3O4. The fraction of sp³-hybridized carbons (Fsp3) is 0.188. The molecule has 1 unspecified atom stereocenters. The summed E-state index contributed by atoms with van der Waals surface area (Å²) in [5, 5.41) is 23.3. The zero-order valence-corrected chi connectivity index (χ0v) is 12.3. The normalized spacial score (nSPS) is 11.7. The highest BCUT2D eigenvalue weighted by molar-refractivity contribution is 6.00. The SMILES string of the molecule is Nc1c(C(=O)NCC(O)Cc2ccccc2)cccc1[N+](=O)[O-]. The highest BCUT2D eigenvalue weighted by Crippen LogP contribution is 2.24. The number of carbonyl (C=O) groups is 1. The minimum atomic E-state index is -0.763. The Morgan fingerprint density at radius 2 is 1.91 bits per heavy atom. The third kappa shape index (κ3) is 4.27. The van der Waals surface area contributed by atoms with Gasteiger partial charge in [0.1, 0.15) is 5.69 Å². The van der Waals surface area contributed by atoms with Gasteiger partial charge >= 0.3 is 0 Å². The van der Waals surface area contributed by atoms with Gasteiger partial charge in [0.2, 0.25) is 0 Å². The topological polar surface area (TPSA) is 118 Å². The standard InChI is InChI=1S/C16H17N3O4/c17-15-13(7-4-8-14(15)19(22)23)16(21)18-10-12(20)9-11-5-2-1-3-6-11/h1-8,12,20H,9-10,17H2,(H,18,21). The van der Waals surface area contributed by atoms with Gasteiger partial charge in [-0.1, -0.05) is 36.4 Å². The number of nitrogen functional groups attached to an aromatic ring is 1. The molecule has 7 heteroatoms. The summed E-state index contributed by atoms with van der Waals surface area (Å²) < 4.78 is 0. The van der Waals surface area contributed by atoms with Crippen LogP contribution in [0.4, 0.5) is 11.4 Å². The highest BCUT2D eigenvalue weighted by atomic mass is 16.6. The van der Waals surface area contributed by atoms with E-state index in [1.54, 1.807) is 0 Å². The van der Waals surface area contributed by atoms with Gasteiger partial charge in [-0.05, 0) is 11.6 Å². The summed E-state index contributed by atoms with van der Waals surface area (Å²) in [6, 6.07) is 13.4. The predicted molar refractivity (Wildman–Crippen MR) is 86.0 cm³/mol. The van der Waals surface area contributed by atoms with Gasteiger partial charge in [-0.2, -0.15) is 0 Å². The van der Waals surface area contributed by atoms with Crippen molar-refractivity contribution in [1.29, 1.82) is 0 Å². The Labute approximate surface area is 132 Å². The van der Waals surface area contributed by atoms with E-state index < -0.39 is 16.9 Å². The Balaban J connectivity index is 1.97. The van der Waals surface area contributed by atoms with E-state index in [9.17, 15) is 20.0 Å². The number of hydrogen-bond acceptors (Lipinski definition) is 5. The summed E-state index contributed by atoms with van der Waals surface area (Å²) in [6.45, 7) is 0.0237. The molecule has 23 heavy (non-hydrogen) atoms. The van der Waals surface area contributed by atoms with Crippen molar-refractivity contribution >= 4 is 17.3 Å². The second kappa shape index (κ2) is 7.37. The molecule has 2 aromatic carbocycles. The molecule has 120 valence electrons. The predicted octanol–water partition coefficient (Wildman–Crippen LogP) is 1.51. The summed E-state index contributed by atoms with van der Waals surface area (Å²) in [6.07, 6.45) is -0.368. The summed E-state index contributed by atoms with van der Waals surface area (Å²) >= 11 is 0. The lowest BCUT2D eigenvalue weighted by molar-refractivity contribution is -0.383. The first kappa shape index (κ1) is 16.4. The Kier molecular flexibility index (Phi) is 5.27. The number of benzene rings is 2. The summed E-state index contributed by atoms with van der Waals surface area (Å²) in [4.78, 5) is 22.2. The summed E-state index contributed by atoms with van der Waals surface area (Å²) in [5.74, 6) is -0.557. The molecule has 0 aliphatic rings. The fourth-order valence-corrected chi connectivity index (χ4v) is 2.17.